The van der Waals surface area contributed by atoms with Crippen LogP contribution in [0, 0.1) is 10.1 Å². The van der Waals surface area contributed by atoms with E-state index >= 15 is 0 Å². The van der Waals surface area contributed by atoms with Crippen molar-refractivity contribution in [3.63, 3.8) is 0 Å². The monoisotopic (exact) mass is 423 g/mol. The van der Waals surface area contributed by atoms with E-state index in [4.69, 9.17) is 0 Å². The van der Waals surface area contributed by atoms with E-state index in [2.05, 4.69) is 14.5 Å². The van der Waals surface area contributed by atoms with Gasteiger partial charge < -0.3 is 9.64 Å². The topological polar surface area (TPSA) is 75.9 Å². The molecule has 0 saturated carbocycles. The minimum absolute atomic E-state index is 0.0499. The smallest absolute Gasteiger partial charge is 0.406 e. The molecule has 0 aromatic heterocycles. The molecule has 30 heavy (non-hydrogen) atoms. The highest BCUT2D eigenvalue weighted by Gasteiger charge is 2.31. The quantitative estimate of drug-likeness (QED) is 0.382. The van der Waals surface area contributed by atoms with E-state index in [0.29, 0.717) is 12.1 Å². The van der Waals surface area contributed by atoms with Crippen molar-refractivity contribution in [3.05, 3.63) is 64.2 Å². The molecular weight excluding hydrogens is 403 g/mol. The highest BCUT2D eigenvalue weighted by molar-refractivity contribution is 5.96. The first-order valence-electron chi connectivity index (χ1n) is 9.32. The number of hydrogen-bond acceptors (Lipinski definition) is 6. The first-order valence-corrected chi connectivity index (χ1v) is 9.32. The minimum Gasteiger partial charge on any atom is -0.406 e. The average molecular weight is 423 g/mol. The summed E-state index contributed by atoms with van der Waals surface area (Å²) < 4.78 is 40.4. The molecule has 7 nitrogen and oxygen atoms in total. The largest absolute Gasteiger partial charge is 0.573 e. The first kappa shape index (κ1) is 21.6. The fourth-order valence-electron chi connectivity index (χ4n) is 3.26. The third-order valence-corrected chi connectivity index (χ3v) is 4.86. The number of alkyl halides is 3. The van der Waals surface area contributed by atoms with Crippen molar-refractivity contribution in [2.24, 2.45) is 0 Å². The van der Waals surface area contributed by atoms with E-state index in [0.717, 1.165) is 44.0 Å². The molecule has 0 atom stereocenters. The molecule has 3 rings (SSSR count). The van der Waals surface area contributed by atoms with Gasteiger partial charge in [0.05, 0.1) is 4.92 Å². The predicted molar refractivity (Wildman–Crippen MR) is 104 cm³/mol. The number of Topliss-reactive ketones (excluding diaryl/α,β-unsaturated/α-hetero) is 1. The molecule has 0 aliphatic carbocycles. The third kappa shape index (κ3) is 5.93. The van der Waals surface area contributed by atoms with Crippen molar-refractivity contribution < 1.29 is 27.6 Å². The number of carbonyl (C=O) groups excluding carboxylic acids is 1. The van der Waals surface area contributed by atoms with Gasteiger partial charge in [0.1, 0.15) is 5.75 Å². The number of nitro groups is 1. The lowest BCUT2D eigenvalue weighted by Gasteiger charge is -2.36. The lowest BCUT2D eigenvalue weighted by molar-refractivity contribution is -0.384. The van der Waals surface area contributed by atoms with Crippen LogP contribution in [-0.2, 0) is 0 Å². The predicted octanol–water partition coefficient (Wildman–Crippen LogP) is 3.89. The summed E-state index contributed by atoms with van der Waals surface area (Å²) in [7, 11) is 0. The van der Waals surface area contributed by atoms with Gasteiger partial charge in [-0.3, -0.25) is 19.8 Å². The Bertz CT molecular complexity index is 878. The lowest BCUT2D eigenvalue weighted by Crippen LogP contribution is -2.46. The van der Waals surface area contributed by atoms with E-state index in [-0.39, 0.29) is 23.6 Å². The highest BCUT2D eigenvalue weighted by Crippen LogP contribution is 2.23. The number of ether oxygens (including phenoxy) is 1. The number of non-ortho nitro benzene ring substituents is 1. The second-order valence-electron chi connectivity index (χ2n) is 6.85. The number of ketones is 1. The van der Waals surface area contributed by atoms with Gasteiger partial charge in [0.25, 0.3) is 5.69 Å². The summed E-state index contributed by atoms with van der Waals surface area (Å²) in [4.78, 5) is 26.9. The van der Waals surface area contributed by atoms with E-state index in [1.807, 2.05) is 0 Å². The Morgan fingerprint density at radius 1 is 1.00 bits per heavy atom. The van der Waals surface area contributed by atoms with Crippen LogP contribution in [0.5, 0.6) is 5.75 Å². The zero-order valence-corrected chi connectivity index (χ0v) is 16.0. The molecule has 1 aliphatic heterocycles. The minimum atomic E-state index is -4.76. The Balaban J connectivity index is 1.45. The molecule has 0 spiro atoms. The molecular formula is C20H20F3N3O4. The van der Waals surface area contributed by atoms with E-state index in [9.17, 15) is 28.1 Å². The van der Waals surface area contributed by atoms with Crippen LogP contribution in [0.1, 0.15) is 16.8 Å². The van der Waals surface area contributed by atoms with Crippen LogP contribution < -0.4 is 9.64 Å². The maximum Gasteiger partial charge on any atom is 0.573 e. The van der Waals surface area contributed by atoms with Gasteiger partial charge in [-0.1, -0.05) is 0 Å². The second-order valence-corrected chi connectivity index (χ2v) is 6.85. The van der Waals surface area contributed by atoms with Crippen molar-refractivity contribution in [3.8, 4) is 5.75 Å². The third-order valence-electron chi connectivity index (χ3n) is 4.86. The van der Waals surface area contributed by atoms with Crippen LogP contribution in [-0.4, -0.2) is 54.7 Å². The van der Waals surface area contributed by atoms with Crippen molar-refractivity contribution in [2.45, 2.75) is 12.8 Å². The molecule has 1 fully saturated rings. The maximum atomic E-state index is 12.3. The molecule has 10 heteroatoms. The summed E-state index contributed by atoms with van der Waals surface area (Å²) in [6.07, 6.45) is -4.50. The van der Waals surface area contributed by atoms with Gasteiger partial charge in [-0.05, 0) is 36.4 Å². The summed E-state index contributed by atoms with van der Waals surface area (Å²) in [5.74, 6) is -0.507. The van der Waals surface area contributed by atoms with Crippen LogP contribution in [0.3, 0.4) is 0 Å². The first-order chi connectivity index (χ1) is 14.2. The standard InChI is InChI=1S/C20H20F3N3O4/c21-20(22,23)30-18-7-1-15(2-8-18)19(27)9-10-24-11-13-25(14-12-24)16-3-5-17(6-4-16)26(28)29/h1-8H,9-14H2. The molecule has 1 aliphatic rings. The van der Waals surface area contributed by atoms with Gasteiger partial charge in [0.2, 0.25) is 0 Å². The number of anilines is 1. The Labute approximate surface area is 170 Å². The molecule has 1 heterocycles. The summed E-state index contributed by atoms with van der Waals surface area (Å²) in [6.45, 7) is 3.49. The average Bonchev–Trinajstić information content (AvgIpc) is 2.72. The number of halogens is 3. The number of rotatable bonds is 7. The second kappa shape index (κ2) is 9.12. The fraction of sp³-hybridized carbons (Fsp3) is 0.350. The van der Waals surface area contributed by atoms with Gasteiger partial charge in [0.15, 0.2) is 5.78 Å². The van der Waals surface area contributed by atoms with Crippen LogP contribution >= 0.6 is 0 Å². The summed E-state index contributed by atoms with van der Waals surface area (Å²) >= 11 is 0. The molecule has 160 valence electrons. The van der Waals surface area contributed by atoms with Crippen molar-refractivity contribution in [1.82, 2.24) is 4.90 Å². The molecule has 0 radical (unpaired) electrons. The molecule has 0 bridgehead atoms. The highest BCUT2D eigenvalue weighted by atomic mass is 19.4. The van der Waals surface area contributed by atoms with Crippen molar-refractivity contribution >= 4 is 17.2 Å². The lowest BCUT2D eigenvalue weighted by atomic mass is 10.1. The summed E-state index contributed by atoms with van der Waals surface area (Å²) in [6, 6.07) is 11.3. The number of piperazine rings is 1. The number of carbonyl (C=O) groups is 1. The number of nitrogens with zero attached hydrogens (tertiary/aromatic N) is 3. The summed E-state index contributed by atoms with van der Waals surface area (Å²) in [5.41, 5.74) is 1.31. The van der Waals surface area contributed by atoms with Crippen LogP contribution in [0.15, 0.2) is 48.5 Å². The molecule has 2 aromatic rings. The SMILES string of the molecule is O=C(CCN1CCN(c2ccc([N+](=O)[O-])cc2)CC1)c1ccc(OC(F)(F)F)cc1. The number of nitro benzene ring substituents is 1. The van der Waals surface area contributed by atoms with Crippen molar-refractivity contribution in [2.75, 3.05) is 37.6 Å². The van der Waals surface area contributed by atoms with E-state index in [1.165, 1.54) is 24.3 Å². The van der Waals surface area contributed by atoms with Gasteiger partial charge in [-0.25, -0.2) is 0 Å². The van der Waals surface area contributed by atoms with Gasteiger partial charge in [-0.15, -0.1) is 13.2 Å². The molecule has 0 unspecified atom stereocenters. The number of benzene rings is 2. The fourth-order valence-corrected chi connectivity index (χ4v) is 3.26. The Hall–Kier alpha value is -3.14. The van der Waals surface area contributed by atoms with Crippen molar-refractivity contribution in [1.29, 1.82) is 0 Å². The van der Waals surface area contributed by atoms with E-state index < -0.39 is 11.3 Å². The van der Waals surface area contributed by atoms with Gasteiger partial charge in [0, 0.05) is 62.5 Å². The number of hydrogen-bond donors (Lipinski definition) is 0. The normalized spacial score (nSPS) is 15.1. The van der Waals surface area contributed by atoms with Crippen LogP contribution in [0.2, 0.25) is 0 Å². The maximum absolute atomic E-state index is 12.3. The molecule has 2 aromatic carbocycles. The van der Waals surface area contributed by atoms with Gasteiger partial charge >= 0.3 is 6.36 Å². The van der Waals surface area contributed by atoms with Gasteiger partial charge in [-0.2, -0.15) is 0 Å². The van der Waals surface area contributed by atoms with Crippen LogP contribution in [0.25, 0.3) is 0 Å². The van der Waals surface area contributed by atoms with E-state index in [1.54, 1.807) is 12.1 Å². The Morgan fingerprint density at radius 2 is 1.60 bits per heavy atom. The Morgan fingerprint density at radius 3 is 2.13 bits per heavy atom. The van der Waals surface area contributed by atoms with Crippen LogP contribution in [0.4, 0.5) is 24.5 Å². The molecule has 0 amide bonds. The molecule has 1 saturated heterocycles. The zero-order valence-electron chi connectivity index (χ0n) is 16.0. The Kier molecular flexibility index (Phi) is 6.56. The summed E-state index contributed by atoms with van der Waals surface area (Å²) in [5, 5.41) is 10.7. The zero-order chi connectivity index (χ0) is 21.7. The molecule has 0 N–H and O–H groups in total.